The highest BCUT2D eigenvalue weighted by atomic mass is 15.3. The minimum absolute atomic E-state index is 0.370. The van der Waals surface area contributed by atoms with Crippen molar-refractivity contribution in [1.29, 1.82) is 0 Å². The van der Waals surface area contributed by atoms with Crippen LogP contribution in [-0.4, -0.2) is 15.8 Å². The summed E-state index contributed by atoms with van der Waals surface area (Å²) in [6.45, 7) is 13.0. The highest BCUT2D eigenvalue weighted by Crippen LogP contribution is 2.19. The van der Waals surface area contributed by atoms with Crippen molar-refractivity contribution in [1.82, 2.24) is 15.1 Å². The first kappa shape index (κ1) is 13.2. The van der Waals surface area contributed by atoms with Crippen LogP contribution in [-0.2, 0) is 13.1 Å². The Hall–Kier alpha value is -0.830. The van der Waals surface area contributed by atoms with Crippen molar-refractivity contribution >= 4 is 0 Å². The van der Waals surface area contributed by atoms with Crippen molar-refractivity contribution in [2.24, 2.45) is 5.41 Å². The number of aryl methyl sites for hydroxylation is 1. The molecule has 0 saturated heterocycles. The lowest BCUT2D eigenvalue weighted by Crippen LogP contribution is -2.24. The van der Waals surface area contributed by atoms with E-state index >= 15 is 0 Å². The molecule has 1 rings (SSSR count). The van der Waals surface area contributed by atoms with Crippen LogP contribution >= 0.6 is 0 Å². The van der Waals surface area contributed by atoms with Crippen LogP contribution in [0.15, 0.2) is 12.3 Å². The van der Waals surface area contributed by atoms with Crippen molar-refractivity contribution < 1.29 is 0 Å². The summed E-state index contributed by atoms with van der Waals surface area (Å²) < 4.78 is 2.11. The molecule has 1 N–H and O–H groups in total. The summed E-state index contributed by atoms with van der Waals surface area (Å²) in [6, 6.07) is 2.61. The quantitative estimate of drug-likeness (QED) is 0.832. The molecule has 0 fully saturated rings. The zero-order valence-corrected chi connectivity index (χ0v) is 11.2. The van der Waals surface area contributed by atoms with Gasteiger partial charge in [-0.25, -0.2) is 0 Å². The predicted molar refractivity (Wildman–Crippen MR) is 68.3 cm³/mol. The van der Waals surface area contributed by atoms with E-state index in [-0.39, 0.29) is 0 Å². The Kier molecular flexibility index (Phi) is 4.54. The minimum Gasteiger partial charge on any atom is -0.309 e. The van der Waals surface area contributed by atoms with Crippen molar-refractivity contribution in [3.8, 4) is 0 Å². The molecule has 0 aliphatic carbocycles. The normalized spacial score (nSPS) is 12.4. The third-order valence-electron chi connectivity index (χ3n) is 2.57. The number of aromatic nitrogens is 2. The summed E-state index contributed by atoms with van der Waals surface area (Å²) in [5, 5.41) is 7.80. The Labute approximate surface area is 99.2 Å². The van der Waals surface area contributed by atoms with Gasteiger partial charge in [0.15, 0.2) is 0 Å². The highest BCUT2D eigenvalue weighted by Gasteiger charge is 2.11. The average molecular weight is 223 g/mol. The summed E-state index contributed by atoms with van der Waals surface area (Å²) >= 11 is 0. The molecule has 0 saturated carbocycles. The Bertz CT molecular complexity index is 307. The first-order valence-electron chi connectivity index (χ1n) is 6.12. The predicted octanol–water partition coefficient (Wildman–Crippen LogP) is 2.82. The third kappa shape index (κ3) is 4.79. The SMILES string of the molecule is CC(C)NCc1ccnn1CCC(C)(C)C. The first-order valence-corrected chi connectivity index (χ1v) is 6.12. The van der Waals surface area contributed by atoms with Crippen molar-refractivity contribution in [2.45, 2.75) is 60.2 Å². The molecule has 16 heavy (non-hydrogen) atoms. The van der Waals surface area contributed by atoms with Crippen molar-refractivity contribution in [3.05, 3.63) is 18.0 Å². The molecular weight excluding hydrogens is 198 g/mol. The molecule has 1 aromatic rings. The van der Waals surface area contributed by atoms with Crippen LogP contribution < -0.4 is 5.32 Å². The maximum Gasteiger partial charge on any atom is 0.0522 e. The molecule has 0 amide bonds. The molecular formula is C13H25N3. The summed E-state index contributed by atoms with van der Waals surface area (Å²) in [5.74, 6) is 0. The van der Waals surface area contributed by atoms with E-state index in [1.807, 2.05) is 6.20 Å². The fraction of sp³-hybridized carbons (Fsp3) is 0.769. The van der Waals surface area contributed by atoms with Gasteiger partial charge in [-0.2, -0.15) is 5.10 Å². The fourth-order valence-corrected chi connectivity index (χ4v) is 1.46. The lowest BCUT2D eigenvalue weighted by molar-refractivity contribution is 0.336. The maximum absolute atomic E-state index is 4.37. The average Bonchev–Trinajstić information content (AvgIpc) is 2.57. The van der Waals surface area contributed by atoms with Gasteiger partial charge in [-0.05, 0) is 17.9 Å². The zero-order valence-electron chi connectivity index (χ0n) is 11.2. The van der Waals surface area contributed by atoms with E-state index in [1.54, 1.807) is 0 Å². The van der Waals surface area contributed by atoms with Crippen LogP contribution in [0.1, 0.15) is 46.7 Å². The molecule has 0 radical (unpaired) electrons. The highest BCUT2D eigenvalue weighted by molar-refractivity contribution is 5.00. The van der Waals surface area contributed by atoms with E-state index in [1.165, 1.54) is 5.69 Å². The molecule has 0 unspecified atom stereocenters. The number of nitrogens with one attached hydrogen (secondary N) is 1. The first-order chi connectivity index (χ1) is 7.38. The van der Waals surface area contributed by atoms with E-state index in [0.29, 0.717) is 11.5 Å². The second-order valence-corrected chi connectivity index (χ2v) is 5.89. The molecule has 0 aromatic carbocycles. The molecule has 0 bridgehead atoms. The van der Waals surface area contributed by atoms with Crippen LogP contribution in [0.3, 0.4) is 0 Å². The lowest BCUT2D eigenvalue weighted by Gasteiger charge is -2.19. The molecule has 1 aromatic heterocycles. The zero-order chi connectivity index (χ0) is 12.2. The Balaban J connectivity index is 2.50. The fourth-order valence-electron chi connectivity index (χ4n) is 1.46. The van der Waals surface area contributed by atoms with Gasteiger partial charge in [-0.1, -0.05) is 34.6 Å². The van der Waals surface area contributed by atoms with Gasteiger partial charge in [0.2, 0.25) is 0 Å². The van der Waals surface area contributed by atoms with Crippen LogP contribution in [0.2, 0.25) is 0 Å². The molecule has 3 heteroatoms. The molecule has 92 valence electrons. The van der Waals surface area contributed by atoms with Gasteiger partial charge >= 0.3 is 0 Å². The standard InChI is InChI=1S/C13H25N3/c1-11(2)14-10-12-6-8-15-16(12)9-7-13(3,4)5/h6,8,11,14H,7,9-10H2,1-5H3. The Morgan fingerprint density at radius 1 is 1.38 bits per heavy atom. The van der Waals surface area contributed by atoms with Crippen LogP contribution in [0.4, 0.5) is 0 Å². The summed E-state index contributed by atoms with van der Waals surface area (Å²) in [5.41, 5.74) is 1.65. The van der Waals surface area contributed by atoms with Gasteiger partial charge in [0.1, 0.15) is 0 Å². The van der Waals surface area contributed by atoms with E-state index in [4.69, 9.17) is 0 Å². The monoisotopic (exact) mass is 223 g/mol. The van der Waals surface area contributed by atoms with Gasteiger partial charge < -0.3 is 5.32 Å². The maximum atomic E-state index is 4.37. The van der Waals surface area contributed by atoms with Gasteiger partial charge in [0.25, 0.3) is 0 Å². The molecule has 0 aliphatic rings. The molecule has 0 atom stereocenters. The van der Waals surface area contributed by atoms with Gasteiger partial charge in [-0.3, -0.25) is 4.68 Å². The largest absolute Gasteiger partial charge is 0.309 e. The third-order valence-corrected chi connectivity index (χ3v) is 2.57. The number of rotatable bonds is 5. The second-order valence-electron chi connectivity index (χ2n) is 5.89. The summed E-state index contributed by atoms with van der Waals surface area (Å²) in [7, 11) is 0. The van der Waals surface area contributed by atoms with Crippen molar-refractivity contribution in [2.75, 3.05) is 0 Å². The van der Waals surface area contributed by atoms with E-state index in [2.05, 4.69) is 55.8 Å². The van der Waals surface area contributed by atoms with Crippen LogP contribution in [0.25, 0.3) is 0 Å². The van der Waals surface area contributed by atoms with Crippen molar-refractivity contribution in [3.63, 3.8) is 0 Å². The molecule has 3 nitrogen and oxygen atoms in total. The Morgan fingerprint density at radius 2 is 2.06 bits per heavy atom. The van der Waals surface area contributed by atoms with Crippen LogP contribution in [0, 0.1) is 5.41 Å². The summed E-state index contributed by atoms with van der Waals surface area (Å²) in [6.07, 6.45) is 3.04. The van der Waals surface area contributed by atoms with Gasteiger partial charge in [0, 0.05) is 25.3 Å². The number of hydrogen-bond acceptors (Lipinski definition) is 2. The number of hydrogen-bond donors (Lipinski definition) is 1. The van der Waals surface area contributed by atoms with E-state index < -0.39 is 0 Å². The van der Waals surface area contributed by atoms with Crippen LogP contribution in [0.5, 0.6) is 0 Å². The molecule has 0 spiro atoms. The second kappa shape index (κ2) is 5.48. The summed E-state index contributed by atoms with van der Waals surface area (Å²) in [4.78, 5) is 0. The minimum atomic E-state index is 0.370. The molecule has 1 heterocycles. The topological polar surface area (TPSA) is 29.9 Å². The van der Waals surface area contributed by atoms with E-state index in [9.17, 15) is 0 Å². The number of nitrogens with zero attached hydrogens (tertiary/aromatic N) is 2. The Morgan fingerprint density at radius 3 is 2.62 bits per heavy atom. The van der Waals surface area contributed by atoms with Gasteiger partial charge in [0.05, 0.1) is 5.69 Å². The smallest absolute Gasteiger partial charge is 0.0522 e. The van der Waals surface area contributed by atoms with E-state index in [0.717, 1.165) is 19.5 Å². The lowest BCUT2D eigenvalue weighted by atomic mass is 9.92. The molecule has 0 aliphatic heterocycles. The van der Waals surface area contributed by atoms with Gasteiger partial charge in [-0.15, -0.1) is 0 Å².